The Balaban J connectivity index is 2.35. The lowest BCUT2D eigenvalue weighted by molar-refractivity contribution is 0.600. The molecule has 0 bridgehead atoms. The second kappa shape index (κ2) is 5.95. The predicted molar refractivity (Wildman–Crippen MR) is 84.0 cm³/mol. The van der Waals surface area contributed by atoms with E-state index in [9.17, 15) is 8.42 Å². The second-order valence-electron chi connectivity index (χ2n) is 4.44. The Kier molecular flexibility index (Phi) is 4.47. The number of anilines is 1. The third-order valence-electron chi connectivity index (χ3n) is 2.79. The lowest BCUT2D eigenvalue weighted by Gasteiger charge is -2.11. The molecule has 0 amide bonds. The molecular weight excluding hydrogens is 340 g/mol. The first-order chi connectivity index (χ1) is 9.42. The molecule has 2 rings (SSSR count). The number of nitrogens with two attached hydrogens (primary N) is 1. The fraction of sp³-hybridized carbons (Fsp3) is 0.143. The maximum atomic E-state index is 12.4. The van der Waals surface area contributed by atoms with Gasteiger partial charge < -0.3 is 5.73 Å². The minimum Gasteiger partial charge on any atom is -0.326 e. The van der Waals surface area contributed by atoms with Crippen LogP contribution >= 0.6 is 15.9 Å². The van der Waals surface area contributed by atoms with Gasteiger partial charge in [0.05, 0.1) is 0 Å². The first-order valence-electron chi connectivity index (χ1n) is 6.00. The zero-order chi connectivity index (χ0) is 14.8. The van der Waals surface area contributed by atoms with Gasteiger partial charge >= 0.3 is 0 Å². The van der Waals surface area contributed by atoms with Crippen molar-refractivity contribution in [2.24, 2.45) is 5.73 Å². The molecule has 0 saturated heterocycles. The van der Waals surface area contributed by atoms with E-state index in [1.807, 2.05) is 13.0 Å². The molecule has 2 aromatic rings. The zero-order valence-electron chi connectivity index (χ0n) is 10.9. The van der Waals surface area contributed by atoms with Crippen molar-refractivity contribution in [2.75, 3.05) is 4.72 Å². The summed E-state index contributed by atoms with van der Waals surface area (Å²) in [5.41, 5.74) is 7.91. The molecule has 0 aliphatic heterocycles. The SMILES string of the molecule is Cc1ccc(S(=O)(=O)Nc2cccc(CN)c2)c(Br)c1. The second-order valence-corrected chi connectivity index (χ2v) is 6.95. The fourth-order valence-corrected chi connectivity index (χ4v) is 4.04. The van der Waals surface area contributed by atoms with Crippen LogP contribution in [0, 0.1) is 6.92 Å². The maximum absolute atomic E-state index is 12.4. The summed E-state index contributed by atoms with van der Waals surface area (Å²) in [7, 11) is -3.62. The first kappa shape index (κ1) is 15.0. The highest BCUT2D eigenvalue weighted by Gasteiger charge is 2.17. The number of rotatable bonds is 4. The van der Waals surface area contributed by atoms with Crippen molar-refractivity contribution in [3.8, 4) is 0 Å². The number of hydrogen-bond acceptors (Lipinski definition) is 3. The maximum Gasteiger partial charge on any atom is 0.263 e. The average molecular weight is 355 g/mol. The third-order valence-corrected chi connectivity index (χ3v) is 5.15. The Morgan fingerprint density at radius 3 is 2.60 bits per heavy atom. The van der Waals surface area contributed by atoms with Crippen LogP contribution in [0.2, 0.25) is 0 Å². The van der Waals surface area contributed by atoms with E-state index in [1.54, 1.807) is 36.4 Å². The highest BCUT2D eigenvalue weighted by atomic mass is 79.9. The molecular formula is C14H15BrN2O2S. The van der Waals surface area contributed by atoms with E-state index in [2.05, 4.69) is 20.7 Å². The Bertz CT molecular complexity index is 730. The van der Waals surface area contributed by atoms with Crippen molar-refractivity contribution in [1.29, 1.82) is 0 Å². The van der Waals surface area contributed by atoms with Crippen molar-refractivity contribution < 1.29 is 8.42 Å². The van der Waals surface area contributed by atoms with Crippen LogP contribution < -0.4 is 10.5 Å². The predicted octanol–water partition coefficient (Wildman–Crippen LogP) is 3.02. The Labute approximate surface area is 127 Å². The topological polar surface area (TPSA) is 72.2 Å². The third kappa shape index (κ3) is 3.39. The van der Waals surface area contributed by atoms with Crippen LogP contribution in [0.5, 0.6) is 0 Å². The van der Waals surface area contributed by atoms with Crippen molar-refractivity contribution in [3.63, 3.8) is 0 Å². The van der Waals surface area contributed by atoms with Crippen molar-refractivity contribution in [1.82, 2.24) is 0 Å². The molecule has 106 valence electrons. The Morgan fingerprint density at radius 1 is 1.20 bits per heavy atom. The Hall–Kier alpha value is -1.37. The first-order valence-corrected chi connectivity index (χ1v) is 8.28. The van der Waals surface area contributed by atoms with Gasteiger partial charge in [-0.2, -0.15) is 0 Å². The summed E-state index contributed by atoms with van der Waals surface area (Å²) in [5, 5.41) is 0. The molecule has 0 saturated carbocycles. The van der Waals surface area contributed by atoms with Gasteiger partial charge in [0.25, 0.3) is 10.0 Å². The van der Waals surface area contributed by atoms with Gasteiger partial charge in [0.2, 0.25) is 0 Å². The summed E-state index contributed by atoms with van der Waals surface area (Å²) >= 11 is 3.29. The van der Waals surface area contributed by atoms with Gasteiger partial charge in [-0.05, 0) is 58.2 Å². The quantitative estimate of drug-likeness (QED) is 0.886. The molecule has 4 nitrogen and oxygen atoms in total. The van der Waals surface area contributed by atoms with Crippen LogP contribution in [0.15, 0.2) is 51.8 Å². The zero-order valence-corrected chi connectivity index (χ0v) is 13.3. The van der Waals surface area contributed by atoms with E-state index >= 15 is 0 Å². The molecule has 0 atom stereocenters. The van der Waals surface area contributed by atoms with Gasteiger partial charge in [-0.1, -0.05) is 18.2 Å². The van der Waals surface area contributed by atoms with E-state index < -0.39 is 10.0 Å². The fourth-order valence-electron chi connectivity index (χ4n) is 1.80. The molecule has 0 fully saturated rings. The molecule has 0 aromatic heterocycles. The van der Waals surface area contributed by atoms with Gasteiger partial charge in [-0.25, -0.2) is 8.42 Å². The molecule has 0 radical (unpaired) electrons. The van der Waals surface area contributed by atoms with E-state index in [0.717, 1.165) is 11.1 Å². The summed E-state index contributed by atoms with van der Waals surface area (Å²) in [4.78, 5) is 0.209. The normalized spacial score (nSPS) is 11.3. The lowest BCUT2D eigenvalue weighted by atomic mass is 10.2. The number of sulfonamides is 1. The number of aryl methyl sites for hydroxylation is 1. The smallest absolute Gasteiger partial charge is 0.263 e. The Morgan fingerprint density at radius 2 is 1.95 bits per heavy atom. The van der Waals surface area contributed by atoms with Crippen LogP contribution in [0.3, 0.4) is 0 Å². The number of hydrogen-bond donors (Lipinski definition) is 2. The van der Waals surface area contributed by atoms with Crippen molar-refractivity contribution >= 4 is 31.6 Å². The van der Waals surface area contributed by atoms with Gasteiger partial charge in [0.1, 0.15) is 4.90 Å². The van der Waals surface area contributed by atoms with E-state index in [0.29, 0.717) is 16.7 Å². The summed E-state index contributed by atoms with van der Waals surface area (Å²) in [6.07, 6.45) is 0. The average Bonchev–Trinajstić information content (AvgIpc) is 2.37. The molecule has 2 aromatic carbocycles. The van der Waals surface area contributed by atoms with E-state index in [4.69, 9.17) is 5.73 Å². The largest absolute Gasteiger partial charge is 0.326 e. The number of halogens is 1. The number of benzene rings is 2. The standard InChI is InChI=1S/C14H15BrN2O2S/c1-10-5-6-14(13(15)7-10)20(18,19)17-12-4-2-3-11(8-12)9-16/h2-8,17H,9,16H2,1H3. The molecule has 0 spiro atoms. The van der Waals surface area contributed by atoms with Gasteiger partial charge in [0.15, 0.2) is 0 Å². The molecule has 6 heteroatoms. The van der Waals surface area contributed by atoms with Crippen LogP contribution in [-0.4, -0.2) is 8.42 Å². The van der Waals surface area contributed by atoms with E-state index in [1.165, 1.54) is 0 Å². The van der Waals surface area contributed by atoms with Crippen LogP contribution in [0.1, 0.15) is 11.1 Å². The summed E-state index contributed by atoms with van der Waals surface area (Å²) in [5.74, 6) is 0. The molecule has 0 unspecified atom stereocenters. The summed E-state index contributed by atoms with van der Waals surface area (Å²) < 4.78 is 27.8. The van der Waals surface area contributed by atoms with Gasteiger partial charge in [-0.3, -0.25) is 4.72 Å². The molecule has 0 aliphatic rings. The number of nitrogens with one attached hydrogen (secondary N) is 1. The monoisotopic (exact) mass is 354 g/mol. The van der Waals surface area contributed by atoms with Crippen LogP contribution in [0.4, 0.5) is 5.69 Å². The molecule has 20 heavy (non-hydrogen) atoms. The molecule has 3 N–H and O–H groups in total. The summed E-state index contributed by atoms with van der Waals surface area (Å²) in [6.45, 7) is 2.27. The van der Waals surface area contributed by atoms with E-state index in [-0.39, 0.29) is 4.90 Å². The molecule has 0 heterocycles. The van der Waals surface area contributed by atoms with Gasteiger partial charge in [0, 0.05) is 16.7 Å². The van der Waals surface area contributed by atoms with Gasteiger partial charge in [-0.15, -0.1) is 0 Å². The minimum absolute atomic E-state index is 0.209. The lowest BCUT2D eigenvalue weighted by Crippen LogP contribution is -2.14. The van der Waals surface area contributed by atoms with Crippen molar-refractivity contribution in [2.45, 2.75) is 18.4 Å². The summed E-state index contributed by atoms with van der Waals surface area (Å²) in [6, 6.07) is 12.1. The van der Waals surface area contributed by atoms with Crippen LogP contribution in [-0.2, 0) is 16.6 Å². The molecule has 0 aliphatic carbocycles. The van der Waals surface area contributed by atoms with Crippen molar-refractivity contribution in [3.05, 3.63) is 58.1 Å². The highest BCUT2D eigenvalue weighted by molar-refractivity contribution is 9.10. The minimum atomic E-state index is -3.62. The highest BCUT2D eigenvalue weighted by Crippen LogP contribution is 2.25. The van der Waals surface area contributed by atoms with Crippen LogP contribution in [0.25, 0.3) is 0 Å².